The second-order valence-electron chi connectivity index (χ2n) is 5.49. The van der Waals surface area contributed by atoms with Crippen LogP contribution in [0.15, 0.2) is 59.1 Å². The summed E-state index contributed by atoms with van der Waals surface area (Å²) in [5.41, 5.74) is 2.72. The van der Waals surface area contributed by atoms with Gasteiger partial charge in [-0.25, -0.2) is 0 Å². The predicted molar refractivity (Wildman–Crippen MR) is 91.1 cm³/mol. The van der Waals surface area contributed by atoms with Crippen LogP contribution in [-0.2, 0) is 6.61 Å². The number of amides is 1. The van der Waals surface area contributed by atoms with E-state index in [9.17, 15) is 4.79 Å². The Morgan fingerprint density at radius 1 is 1.08 bits per heavy atom. The highest BCUT2D eigenvalue weighted by atomic mass is 16.5. The van der Waals surface area contributed by atoms with Crippen molar-refractivity contribution < 1.29 is 14.1 Å². The van der Waals surface area contributed by atoms with Gasteiger partial charge in [-0.2, -0.15) is 0 Å². The molecule has 5 nitrogen and oxygen atoms in total. The number of nitrogens with one attached hydrogen (secondary N) is 1. The normalized spacial score (nSPS) is 10.4. The molecule has 0 aliphatic heterocycles. The molecule has 0 spiro atoms. The molecule has 0 radical (unpaired) electrons. The molecule has 0 saturated heterocycles. The van der Waals surface area contributed by atoms with Crippen molar-refractivity contribution in [3.8, 4) is 5.75 Å². The van der Waals surface area contributed by atoms with Crippen molar-refractivity contribution in [3.63, 3.8) is 0 Å². The summed E-state index contributed by atoms with van der Waals surface area (Å²) in [5.74, 6) is 0.977. The average Bonchev–Trinajstić information content (AvgIpc) is 2.97. The highest BCUT2D eigenvalue weighted by Crippen LogP contribution is 2.19. The van der Waals surface area contributed by atoms with E-state index < -0.39 is 0 Å². The third kappa shape index (κ3) is 3.63. The molecular weight excluding hydrogens is 304 g/mol. The Balaban J connectivity index is 1.73. The number of benzene rings is 2. The van der Waals surface area contributed by atoms with Crippen molar-refractivity contribution in [2.45, 2.75) is 20.5 Å². The fourth-order valence-corrected chi connectivity index (χ4v) is 2.24. The zero-order valence-electron chi connectivity index (χ0n) is 13.6. The fraction of sp³-hybridized carbons (Fsp3) is 0.158. The van der Waals surface area contributed by atoms with E-state index in [4.69, 9.17) is 9.26 Å². The second kappa shape index (κ2) is 7.00. The minimum atomic E-state index is -0.317. The van der Waals surface area contributed by atoms with Gasteiger partial charge >= 0.3 is 0 Å². The van der Waals surface area contributed by atoms with Crippen LogP contribution in [0.3, 0.4) is 0 Å². The van der Waals surface area contributed by atoms with Gasteiger partial charge in [-0.3, -0.25) is 4.79 Å². The summed E-state index contributed by atoms with van der Waals surface area (Å²) in [5, 5.41) is 6.69. The molecule has 0 fully saturated rings. The van der Waals surface area contributed by atoms with Crippen molar-refractivity contribution in [2.75, 3.05) is 5.32 Å². The van der Waals surface area contributed by atoms with Crippen molar-refractivity contribution >= 4 is 11.6 Å². The maximum Gasteiger partial charge on any atom is 0.278 e. The lowest BCUT2D eigenvalue weighted by Gasteiger charge is -2.07. The number of para-hydroxylation sites is 1. The van der Waals surface area contributed by atoms with Gasteiger partial charge in [0.05, 0.1) is 5.56 Å². The number of anilines is 1. The van der Waals surface area contributed by atoms with Gasteiger partial charge < -0.3 is 14.6 Å². The van der Waals surface area contributed by atoms with Gasteiger partial charge in [0.15, 0.2) is 5.69 Å². The lowest BCUT2D eigenvalue weighted by Crippen LogP contribution is -2.15. The Morgan fingerprint density at radius 2 is 1.79 bits per heavy atom. The van der Waals surface area contributed by atoms with Crippen LogP contribution in [0.1, 0.15) is 27.4 Å². The van der Waals surface area contributed by atoms with E-state index in [2.05, 4.69) is 10.5 Å². The molecule has 3 rings (SSSR count). The van der Waals surface area contributed by atoms with E-state index in [1.165, 1.54) is 0 Å². The van der Waals surface area contributed by atoms with Crippen LogP contribution in [0.25, 0.3) is 0 Å². The van der Waals surface area contributed by atoms with Gasteiger partial charge in [0.1, 0.15) is 18.1 Å². The van der Waals surface area contributed by atoms with Crippen LogP contribution in [0, 0.1) is 13.8 Å². The van der Waals surface area contributed by atoms with Crippen LogP contribution in [-0.4, -0.2) is 11.1 Å². The molecule has 122 valence electrons. The molecule has 1 N–H and O–H groups in total. The third-order valence-electron chi connectivity index (χ3n) is 3.64. The fourth-order valence-electron chi connectivity index (χ4n) is 2.24. The van der Waals surface area contributed by atoms with Crippen LogP contribution < -0.4 is 10.1 Å². The largest absolute Gasteiger partial charge is 0.489 e. The number of hydrogen-bond acceptors (Lipinski definition) is 4. The quantitative estimate of drug-likeness (QED) is 0.767. The van der Waals surface area contributed by atoms with Crippen LogP contribution >= 0.6 is 0 Å². The van der Waals surface area contributed by atoms with Crippen LogP contribution in [0.5, 0.6) is 5.75 Å². The van der Waals surface area contributed by atoms with E-state index >= 15 is 0 Å². The standard InChI is InChI=1S/C19H18N2O3/c1-13-8-10-15(11-9-13)20-19(22)18-17(14(2)24-21-18)12-23-16-6-4-3-5-7-16/h3-11H,12H2,1-2H3,(H,20,22). The molecular formula is C19H18N2O3. The minimum Gasteiger partial charge on any atom is -0.489 e. The summed E-state index contributed by atoms with van der Waals surface area (Å²) in [6.07, 6.45) is 0. The summed E-state index contributed by atoms with van der Waals surface area (Å²) >= 11 is 0. The second-order valence-corrected chi connectivity index (χ2v) is 5.49. The van der Waals surface area contributed by atoms with Crippen molar-refractivity contribution in [3.05, 3.63) is 77.2 Å². The summed E-state index contributed by atoms with van der Waals surface area (Å²) in [6.45, 7) is 3.97. The highest BCUT2D eigenvalue weighted by Gasteiger charge is 2.20. The first-order chi connectivity index (χ1) is 11.6. The van der Waals surface area contributed by atoms with Gasteiger partial charge in [0, 0.05) is 5.69 Å². The molecule has 0 saturated carbocycles. The SMILES string of the molecule is Cc1ccc(NC(=O)c2noc(C)c2COc2ccccc2)cc1. The zero-order chi connectivity index (χ0) is 16.9. The summed E-state index contributed by atoms with van der Waals surface area (Å²) in [7, 11) is 0. The molecule has 0 atom stereocenters. The number of carbonyl (C=O) groups is 1. The van der Waals surface area contributed by atoms with E-state index in [1.54, 1.807) is 6.92 Å². The average molecular weight is 322 g/mol. The molecule has 24 heavy (non-hydrogen) atoms. The minimum absolute atomic E-state index is 0.218. The Labute approximate surface area is 140 Å². The number of hydrogen-bond donors (Lipinski definition) is 1. The number of aromatic nitrogens is 1. The summed E-state index contributed by atoms with van der Waals surface area (Å²) < 4.78 is 10.9. The van der Waals surface area contributed by atoms with Gasteiger partial charge in [0.2, 0.25) is 0 Å². The molecule has 0 aliphatic rings. The molecule has 0 aliphatic carbocycles. The van der Waals surface area contributed by atoms with E-state index in [0.29, 0.717) is 17.0 Å². The van der Waals surface area contributed by atoms with E-state index in [0.717, 1.165) is 11.3 Å². The molecule has 5 heteroatoms. The highest BCUT2D eigenvalue weighted by molar-refractivity contribution is 6.03. The number of carbonyl (C=O) groups excluding carboxylic acids is 1. The van der Waals surface area contributed by atoms with Gasteiger partial charge in [-0.15, -0.1) is 0 Å². The summed E-state index contributed by atoms with van der Waals surface area (Å²) in [4.78, 5) is 12.5. The predicted octanol–water partition coefficient (Wildman–Crippen LogP) is 4.12. The summed E-state index contributed by atoms with van der Waals surface area (Å²) in [6, 6.07) is 17.0. The first kappa shape index (κ1) is 15.8. The molecule has 0 bridgehead atoms. The Kier molecular flexibility index (Phi) is 4.61. The molecule has 1 amide bonds. The number of nitrogens with zero attached hydrogens (tertiary/aromatic N) is 1. The topological polar surface area (TPSA) is 64.4 Å². The smallest absolute Gasteiger partial charge is 0.278 e. The maximum absolute atomic E-state index is 12.5. The lowest BCUT2D eigenvalue weighted by molar-refractivity contribution is 0.101. The lowest BCUT2D eigenvalue weighted by atomic mass is 10.2. The van der Waals surface area contributed by atoms with Crippen molar-refractivity contribution in [1.82, 2.24) is 5.16 Å². The molecule has 3 aromatic rings. The van der Waals surface area contributed by atoms with E-state index in [-0.39, 0.29) is 18.2 Å². The number of aryl methyl sites for hydroxylation is 2. The Bertz CT molecular complexity index is 824. The monoisotopic (exact) mass is 322 g/mol. The zero-order valence-corrected chi connectivity index (χ0v) is 13.6. The molecule has 0 unspecified atom stereocenters. The number of rotatable bonds is 5. The van der Waals surface area contributed by atoms with E-state index in [1.807, 2.05) is 61.5 Å². The Morgan fingerprint density at radius 3 is 2.50 bits per heavy atom. The third-order valence-corrected chi connectivity index (χ3v) is 3.64. The van der Waals surface area contributed by atoms with Crippen molar-refractivity contribution in [2.24, 2.45) is 0 Å². The van der Waals surface area contributed by atoms with Gasteiger partial charge in [-0.1, -0.05) is 41.1 Å². The maximum atomic E-state index is 12.5. The molecule has 2 aromatic carbocycles. The molecule has 1 heterocycles. The first-order valence-corrected chi connectivity index (χ1v) is 7.64. The van der Waals surface area contributed by atoms with Crippen molar-refractivity contribution in [1.29, 1.82) is 0 Å². The van der Waals surface area contributed by atoms with Gasteiger partial charge in [0.25, 0.3) is 5.91 Å². The first-order valence-electron chi connectivity index (χ1n) is 7.64. The van der Waals surface area contributed by atoms with Crippen LogP contribution in [0.4, 0.5) is 5.69 Å². The number of ether oxygens (including phenoxy) is 1. The molecule has 1 aromatic heterocycles. The Hall–Kier alpha value is -3.08. The van der Waals surface area contributed by atoms with Gasteiger partial charge in [-0.05, 0) is 38.1 Å². The van der Waals surface area contributed by atoms with Crippen LogP contribution in [0.2, 0.25) is 0 Å².